The van der Waals surface area contributed by atoms with E-state index in [1.165, 1.54) is 0 Å². The van der Waals surface area contributed by atoms with Crippen molar-refractivity contribution in [1.29, 1.82) is 0 Å². The normalized spacial score (nSPS) is 17.0. The van der Waals surface area contributed by atoms with E-state index >= 15 is 0 Å². The van der Waals surface area contributed by atoms with Gasteiger partial charge in [0.15, 0.2) is 0 Å². The molecule has 0 radical (unpaired) electrons. The molecule has 4 heteroatoms. The topological polar surface area (TPSA) is 59.2 Å². The molecule has 1 atom stereocenters. The minimum atomic E-state index is -0.334. The first-order valence-corrected chi connectivity index (χ1v) is 5.89. The molecular weight excluding hydrogens is 216 g/mol. The van der Waals surface area contributed by atoms with E-state index in [0.717, 1.165) is 18.4 Å². The average Bonchev–Trinajstić information content (AvgIpc) is 3.12. The molecular formula is C13H14N2O2. The second-order valence-corrected chi connectivity index (χ2v) is 4.49. The molecule has 3 rings (SSSR count). The van der Waals surface area contributed by atoms with Gasteiger partial charge >= 0.3 is 0 Å². The molecule has 1 heterocycles. The van der Waals surface area contributed by atoms with Gasteiger partial charge in [0.25, 0.3) is 0 Å². The van der Waals surface area contributed by atoms with Gasteiger partial charge in [0, 0.05) is 5.56 Å². The van der Waals surface area contributed by atoms with Crippen molar-refractivity contribution in [2.75, 3.05) is 0 Å². The molecule has 1 N–H and O–H groups in total. The Balaban J connectivity index is 1.74. The van der Waals surface area contributed by atoms with E-state index in [1.54, 1.807) is 0 Å². The molecule has 1 unspecified atom stereocenters. The zero-order chi connectivity index (χ0) is 11.7. The maximum Gasteiger partial charge on any atom is 0.229 e. The van der Waals surface area contributed by atoms with Gasteiger partial charge in [-0.1, -0.05) is 35.5 Å². The fraction of sp³-hybridized carbons (Fsp3) is 0.385. The number of hydrogen-bond acceptors (Lipinski definition) is 4. The van der Waals surface area contributed by atoms with Crippen LogP contribution in [-0.2, 0) is 6.42 Å². The highest BCUT2D eigenvalue weighted by atomic mass is 16.5. The Morgan fingerprint density at radius 2 is 2.06 bits per heavy atom. The van der Waals surface area contributed by atoms with Crippen molar-refractivity contribution in [3.63, 3.8) is 0 Å². The lowest BCUT2D eigenvalue weighted by Crippen LogP contribution is -2.12. The average molecular weight is 230 g/mol. The van der Waals surface area contributed by atoms with Gasteiger partial charge in [-0.2, -0.15) is 4.98 Å². The van der Waals surface area contributed by atoms with Crippen LogP contribution in [0.25, 0.3) is 11.4 Å². The van der Waals surface area contributed by atoms with Gasteiger partial charge in [0.2, 0.25) is 11.7 Å². The van der Waals surface area contributed by atoms with Crippen molar-refractivity contribution >= 4 is 0 Å². The van der Waals surface area contributed by atoms with Crippen molar-refractivity contribution in [3.05, 3.63) is 36.2 Å². The van der Waals surface area contributed by atoms with E-state index in [1.807, 2.05) is 30.3 Å². The summed E-state index contributed by atoms with van der Waals surface area (Å²) in [6, 6.07) is 9.69. The fourth-order valence-electron chi connectivity index (χ4n) is 1.87. The van der Waals surface area contributed by atoms with E-state index in [-0.39, 0.29) is 6.10 Å². The Morgan fingerprint density at radius 3 is 2.76 bits per heavy atom. The summed E-state index contributed by atoms with van der Waals surface area (Å²) in [5, 5.41) is 13.7. The van der Waals surface area contributed by atoms with Crippen LogP contribution in [0, 0.1) is 5.92 Å². The van der Waals surface area contributed by atoms with Gasteiger partial charge in [-0.15, -0.1) is 0 Å². The standard InChI is InChI=1S/C13H14N2O2/c16-11(9-6-7-9)8-12-14-13(15-17-12)10-4-2-1-3-5-10/h1-5,9,11,16H,6-8H2. The first kappa shape index (κ1) is 10.5. The maximum atomic E-state index is 9.79. The largest absolute Gasteiger partial charge is 0.392 e. The highest BCUT2D eigenvalue weighted by Crippen LogP contribution is 2.33. The van der Waals surface area contributed by atoms with E-state index in [2.05, 4.69) is 10.1 Å². The third kappa shape index (κ3) is 2.36. The molecule has 88 valence electrons. The number of aromatic nitrogens is 2. The summed E-state index contributed by atoms with van der Waals surface area (Å²) in [6.07, 6.45) is 2.35. The highest BCUT2D eigenvalue weighted by molar-refractivity contribution is 5.53. The van der Waals surface area contributed by atoms with Crippen LogP contribution in [0.1, 0.15) is 18.7 Å². The number of hydrogen-bond donors (Lipinski definition) is 1. The first-order valence-electron chi connectivity index (χ1n) is 5.89. The molecule has 1 aromatic carbocycles. The number of benzene rings is 1. The van der Waals surface area contributed by atoms with E-state index in [9.17, 15) is 5.11 Å². The third-order valence-corrected chi connectivity index (χ3v) is 3.05. The van der Waals surface area contributed by atoms with Gasteiger partial charge < -0.3 is 9.63 Å². The van der Waals surface area contributed by atoms with Crippen LogP contribution in [0.5, 0.6) is 0 Å². The van der Waals surface area contributed by atoms with Crippen LogP contribution in [-0.4, -0.2) is 21.4 Å². The summed E-state index contributed by atoms with van der Waals surface area (Å²) < 4.78 is 5.15. The van der Waals surface area contributed by atoms with Crippen LogP contribution >= 0.6 is 0 Å². The molecule has 1 aliphatic rings. The first-order chi connectivity index (χ1) is 8.33. The number of aliphatic hydroxyl groups excluding tert-OH is 1. The van der Waals surface area contributed by atoms with Gasteiger partial charge in [-0.3, -0.25) is 0 Å². The second kappa shape index (κ2) is 4.30. The molecule has 4 nitrogen and oxygen atoms in total. The van der Waals surface area contributed by atoms with Crippen LogP contribution in [0.15, 0.2) is 34.9 Å². The lowest BCUT2D eigenvalue weighted by atomic mass is 10.1. The van der Waals surface area contributed by atoms with Gasteiger partial charge in [0.05, 0.1) is 12.5 Å². The molecule has 1 fully saturated rings. The SMILES string of the molecule is OC(Cc1nc(-c2ccccc2)no1)C1CC1. The number of aliphatic hydroxyl groups is 1. The summed E-state index contributed by atoms with van der Waals surface area (Å²) in [5.41, 5.74) is 0.934. The Morgan fingerprint density at radius 1 is 1.29 bits per heavy atom. The van der Waals surface area contributed by atoms with E-state index in [0.29, 0.717) is 24.1 Å². The maximum absolute atomic E-state index is 9.79. The minimum absolute atomic E-state index is 0.334. The molecule has 2 aromatic rings. The zero-order valence-corrected chi connectivity index (χ0v) is 9.41. The van der Waals surface area contributed by atoms with Crippen molar-refractivity contribution < 1.29 is 9.63 Å². The quantitative estimate of drug-likeness (QED) is 0.873. The lowest BCUT2D eigenvalue weighted by Gasteiger charge is -2.03. The summed E-state index contributed by atoms with van der Waals surface area (Å²) in [7, 11) is 0. The Labute approximate surface area is 99.3 Å². The number of rotatable bonds is 4. The smallest absolute Gasteiger partial charge is 0.229 e. The molecule has 0 amide bonds. The molecule has 0 spiro atoms. The molecule has 1 saturated carbocycles. The predicted molar refractivity (Wildman–Crippen MR) is 62.2 cm³/mol. The third-order valence-electron chi connectivity index (χ3n) is 3.05. The van der Waals surface area contributed by atoms with Crippen molar-refractivity contribution in [2.45, 2.75) is 25.4 Å². The molecule has 1 aliphatic carbocycles. The van der Waals surface area contributed by atoms with Crippen molar-refractivity contribution in [2.24, 2.45) is 5.92 Å². The highest BCUT2D eigenvalue weighted by Gasteiger charge is 2.31. The molecule has 17 heavy (non-hydrogen) atoms. The van der Waals surface area contributed by atoms with Gasteiger partial charge in [-0.25, -0.2) is 0 Å². The van der Waals surface area contributed by atoms with Gasteiger partial charge in [0.1, 0.15) is 0 Å². The monoisotopic (exact) mass is 230 g/mol. The summed E-state index contributed by atoms with van der Waals surface area (Å²) >= 11 is 0. The molecule has 0 bridgehead atoms. The van der Waals surface area contributed by atoms with Crippen molar-refractivity contribution in [1.82, 2.24) is 10.1 Å². The Hall–Kier alpha value is -1.68. The van der Waals surface area contributed by atoms with Gasteiger partial charge in [-0.05, 0) is 18.8 Å². The van der Waals surface area contributed by atoms with E-state index in [4.69, 9.17) is 4.52 Å². The zero-order valence-electron chi connectivity index (χ0n) is 9.41. The predicted octanol–water partition coefficient (Wildman–Crippen LogP) is 2.05. The molecule has 0 aliphatic heterocycles. The lowest BCUT2D eigenvalue weighted by molar-refractivity contribution is 0.140. The Bertz CT molecular complexity index is 491. The molecule has 1 aromatic heterocycles. The van der Waals surface area contributed by atoms with Crippen LogP contribution in [0.2, 0.25) is 0 Å². The Kier molecular flexibility index (Phi) is 2.65. The summed E-state index contributed by atoms with van der Waals surface area (Å²) in [4.78, 5) is 4.29. The molecule has 0 saturated heterocycles. The fourth-order valence-corrected chi connectivity index (χ4v) is 1.87. The van der Waals surface area contributed by atoms with Crippen LogP contribution < -0.4 is 0 Å². The summed E-state index contributed by atoms with van der Waals surface area (Å²) in [6.45, 7) is 0. The summed E-state index contributed by atoms with van der Waals surface area (Å²) in [5.74, 6) is 1.54. The van der Waals surface area contributed by atoms with E-state index < -0.39 is 0 Å². The van der Waals surface area contributed by atoms with Crippen LogP contribution in [0.4, 0.5) is 0 Å². The van der Waals surface area contributed by atoms with Crippen molar-refractivity contribution in [3.8, 4) is 11.4 Å². The minimum Gasteiger partial charge on any atom is -0.392 e. The number of nitrogens with zero attached hydrogens (tertiary/aromatic N) is 2. The van der Waals surface area contributed by atoms with Crippen LogP contribution in [0.3, 0.4) is 0 Å². The second-order valence-electron chi connectivity index (χ2n) is 4.49.